The Morgan fingerprint density at radius 3 is 2.43 bits per heavy atom. The van der Waals surface area contributed by atoms with E-state index in [1.165, 1.54) is 12.1 Å². The number of thiophene rings is 1. The van der Waals surface area contributed by atoms with Crippen molar-refractivity contribution in [3.05, 3.63) is 58.0 Å². The summed E-state index contributed by atoms with van der Waals surface area (Å²) >= 11 is 1.54. The molecule has 112 valence electrons. The summed E-state index contributed by atoms with van der Waals surface area (Å²) in [5.41, 5.74) is 6.73. The largest absolute Gasteiger partial charge is 0.343 e. The highest BCUT2D eigenvalue weighted by molar-refractivity contribution is 7.10. The molecule has 5 heteroatoms. The first-order valence-corrected chi connectivity index (χ1v) is 7.72. The number of hydrogen-bond donors (Lipinski definition) is 2. The van der Waals surface area contributed by atoms with Crippen LogP contribution < -0.4 is 11.1 Å². The molecule has 1 aromatic carbocycles. The predicted octanol–water partition coefficient (Wildman–Crippen LogP) is 3.08. The molecule has 2 atom stereocenters. The van der Waals surface area contributed by atoms with Crippen molar-refractivity contribution < 1.29 is 9.18 Å². The third-order valence-electron chi connectivity index (χ3n) is 3.34. The first-order valence-electron chi connectivity index (χ1n) is 6.84. The highest BCUT2D eigenvalue weighted by atomic mass is 32.1. The van der Waals surface area contributed by atoms with Gasteiger partial charge < -0.3 is 11.1 Å². The number of benzene rings is 1. The lowest BCUT2D eigenvalue weighted by Gasteiger charge is -2.22. The Bertz CT molecular complexity index is 581. The number of carbonyl (C=O) groups is 1. The molecule has 0 aliphatic rings. The average molecular weight is 306 g/mol. The van der Waals surface area contributed by atoms with Crippen LogP contribution in [-0.4, -0.2) is 11.9 Å². The van der Waals surface area contributed by atoms with Crippen molar-refractivity contribution in [2.24, 2.45) is 11.7 Å². The Morgan fingerprint density at radius 1 is 1.24 bits per heavy atom. The maximum absolute atomic E-state index is 13.1. The predicted molar refractivity (Wildman–Crippen MR) is 83.5 cm³/mol. The van der Waals surface area contributed by atoms with Crippen LogP contribution in [0.2, 0.25) is 0 Å². The normalized spacial score (nSPS) is 14.0. The number of nitrogens with two attached hydrogens (primary N) is 1. The monoisotopic (exact) mass is 306 g/mol. The molecular weight excluding hydrogens is 287 g/mol. The molecule has 1 amide bonds. The van der Waals surface area contributed by atoms with Crippen LogP contribution in [0.3, 0.4) is 0 Å². The fraction of sp³-hybridized carbons (Fsp3) is 0.312. The second kappa shape index (κ2) is 6.83. The third-order valence-corrected chi connectivity index (χ3v) is 4.28. The van der Waals surface area contributed by atoms with Crippen molar-refractivity contribution in [2.75, 3.05) is 0 Å². The molecule has 1 heterocycles. The van der Waals surface area contributed by atoms with Gasteiger partial charge in [-0.25, -0.2) is 4.39 Å². The minimum atomic E-state index is -0.562. The number of rotatable bonds is 5. The van der Waals surface area contributed by atoms with Gasteiger partial charge in [-0.15, -0.1) is 11.3 Å². The second-order valence-corrected chi connectivity index (χ2v) is 6.26. The van der Waals surface area contributed by atoms with Gasteiger partial charge in [0.2, 0.25) is 5.91 Å². The molecule has 0 bridgehead atoms. The van der Waals surface area contributed by atoms with Gasteiger partial charge in [-0.3, -0.25) is 4.79 Å². The van der Waals surface area contributed by atoms with Crippen LogP contribution in [0.15, 0.2) is 41.8 Å². The zero-order valence-electron chi connectivity index (χ0n) is 12.0. The molecule has 0 saturated heterocycles. The smallest absolute Gasteiger partial charge is 0.237 e. The van der Waals surface area contributed by atoms with Gasteiger partial charge in [0.15, 0.2) is 0 Å². The topological polar surface area (TPSA) is 55.1 Å². The van der Waals surface area contributed by atoms with E-state index in [2.05, 4.69) is 5.32 Å². The Hall–Kier alpha value is -1.72. The Labute approximate surface area is 128 Å². The van der Waals surface area contributed by atoms with Crippen LogP contribution in [-0.2, 0) is 4.79 Å². The molecule has 1 aromatic heterocycles. The van der Waals surface area contributed by atoms with Gasteiger partial charge in [-0.2, -0.15) is 0 Å². The van der Waals surface area contributed by atoms with Crippen LogP contribution in [0.25, 0.3) is 0 Å². The van der Waals surface area contributed by atoms with Crippen molar-refractivity contribution in [1.82, 2.24) is 5.32 Å². The van der Waals surface area contributed by atoms with Crippen molar-refractivity contribution in [3.63, 3.8) is 0 Å². The summed E-state index contributed by atoms with van der Waals surface area (Å²) in [5, 5.41) is 4.91. The molecule has 3 N–H and O–H groups in total. The van der Waals surface area contributed by atoms with Gasteiger partial charge in [0.05, 0.1) is 12.1 Å². The fourth-order valence-corrected chi connectivity index (χ4v) is 2.77. The lowest BCUT2D eigenvalue weighted by atomic mass is 10.0. The van der Waals surface area contributed by atoms with Crippen LogP contribution in [0.1, 0.15) is 30.3 Å². The van der Waals surface area contributed by atoms with Crippen molar-refractivity contribution in [1.29, 1.82) is 0 Å². The molecule has 0 radical (unpaired) electrons. The summed E-state index contributed by atoms with van der Waals surface area (Å²) in [5.74, 6) is -0.441. The van der Waals surface area contributed by atoms with Gasteiger partial charge in [0.1, 0.15) is 5.82 Å². The Kier molecular flexibility index (Phi) is 5.09. The van der Waals surface area contributed by atoms with Gasteiger partial charge in [-0.1, -0.05) is 32.0 Å². The van der Waals surface area contributed by atoms with E-state index in [9.17, 15) is 9.18 Å². The van der Waals surface area contributed by atoms with E-state index >= 15 is 0 Å². The van der Waals surface area contributed by atoms with Gasteiger partial charge in [-0.05, 0) is 35.1 Å². The van der Waals surface area contributed by atoms with Gasteiger partial charge in [0.25, 0.3) is 0 Å². The summed E-state index contributed by atoms with van der Waals surface area (Å²) in [7, 11) is 0. The average Bonchev–Trinajstić information content (AvgIpc) is 2.98. The van der Waals surface area contributed by atoms with E-state index in [4.69, 9.17) is 5.73 Å². The zero-order chi connectivity index (χ0) is 15.4. The van der Waals surface area contributed by atoms with E-state index in [0.29, 0.717) is 0 Å². The van der Waals surface area contributed by atoms with Gasteiger partial charge >= 0.3 is 0 Å². The zero-order valence-corrected chi connectivity index (χ0v) is 12.9. The molecule has 2 rings (SSSR count). The van der Waals surface area contributed by atoms with E-state index in [0.717, 1.165) is 10.4 Å². The van der Waals surface area contributed by atoms with E-state index in [-0.39, 0.29) is 23.7 Å². The Balaban J connectivity index is 2.25. The third kappa shape index (κ3) is 3.89. The quantitative estimate of drug-likeness (QED) is 0.892. The van der Waals surface area contributed by atoms with E-state index in [1.54, 1.807) is 23.5 Å². The molecule has 3 nitrogen and oxygen atoms in total. The number of nitrogens with one attached hydrogen (secondary N) is 1. The Morgan fingerprint density at radius 2 is 1.90 bits per heavy atom. The molecule has 1 unspecified atom stereocenters. The second-order valence-electron chi connectivity index (χ2n) is 5.28. The highest BCUT2D eigenvalue weighted by Gasteiger charge is 2.23. The molecule has 0 fully saturated rings. The SMILES string of the molecule is CC(C)[C@H](N)C(=O)NC(c1ccc(F)cc1)c1cccs1. The maximum Gasteiger partial charge on any atom is 0.237 e. The van der Waals surface area contributed by atoms with Crippen molar-refractivity contribution in [2.45, 2.75) is 25.9 Å². The van der Waals surface area contributed by atoms with Crippen molar-refractivity contribution >= 4 is 17.2 Å². The minimum absolute atomic E-state index is 0.0576. The molecule has 0 aliphatic carbocycles. The summed E-state index contributed by atoms with van der Waals surface area (Å²) in [6.45, 7) is 3.81. The number of amides is 1. The molecule has 0 spiro atoms. The molecule has 0 saturated carbocycles. The number of hydrogen-bond acceptors (Lipinski definition) is 3. The first kappa shape index (κ1) is 15.7. The fourth-order valence-electron chi connectivity index (χ4n) is 1.97. The lowest BCUT2D eigenvalue weighted by molar-refractivity contribution is -0.123. The summed E-state index contributed by atoms with van der Waals surface area (Å²) in [4.78, 5) is 13.2. The highest BCUT2D eigenvalue weighted by Crippen LogP contribution is 2.26. The van der Waals surface area contributed by atoms with Crippen molar-refractivity contribution in [3.8, 4) is 0 Å². The van der Waals surface area contributed by atoms with Crippen LogP contribution in [0.4, 0.5) is 4.39 Å². The summed E-state index contributed by atoms with van der Waals surface area (Å²) in [6, 6.07) is 9.15. The molecule has 0 aliphatic heterocycles. The number of halogens is 1. The minimum Gasteiger partial charge on any atom is -0.343 e. The van der Waals surface area contributed by atoms with Crippen LogP contribution >= 0.6 is 11.3 Å². The standard InChI is InChI=1S/C16H19FN2OS/c1-10(2)14(18)16(20)19-15(13-4-3-9-21-13)11-5-7-12(17)8-6-11/h3-10,14-15H,18H2,1-2H3,(H,19,20)/t14-,15?/m0/s1. The van der Waals surface area contributed by atoms with Crippen LogP contribution in [0.5, 0.6) is 0 Å². The summed E-state index contributed by atoms with van der Waals surface area (Å²) in [6.07, 6.45) is 0. The lowest BCUT2D eigenvalue weighted by Crippen LogP contribution is -2.45. The first-order chi connectivity index (χ1) is 9.99. The summed E-state index contributed by atoms with van der Waals surface area (Å²) < 4.78 is 13.1. The molecule has 2 aromatic rings. The molecule has 21 heavy (non-hydrogen) atoms. The van der Waals surface area contributed by atoms with Gasteiger partial charge in [0, 0.05) is 4.88 Å². The number of carbonyl (C=O) groups excluding carboxylic acids is 1. The van der Waals surface area contributed by atoms with E-state index < -0.39 is 6.04 Å². The van der Waals surface area contributed by atoms with E-state index in [1.807, 2.05) is 31.4 Å². The maximum atomic E-state index is 13.1. The van der Waals surface area contributed by atoms with Crippen LogP contribution in [0, 0.1) is 11.7 Å². The molecular formula is C16H19FN2OS.